The molecule has 4 heteroatoms. The normalized spacial score (nSPS) is 11.4. The number of benzene rings is 2. The summed E-state index contributed by atoms with van der Waals surface area (Å²) in [6.45, 7) is 0. The van der Waals surface area contributed by atoms with Crippen molar-refractivity contribution in [2.24, 2.45) is 0 Å². The average Bonchev–Trinajstić information content (AvgIpc) is 3.03. The number of aromatic nitrogens is 2. The smallest absolute Gasteiger partial charge is 0.204 e. The van der Waals surface area contributed by atoms with Crippen LogP contribution in [0.4, 0.5) is 0 Å². The molecule has 0 aliphatic carbocycles. The maximum absolute atomic E-state index is 13.6. The molecule has 0 bridgehead atoms. The molecule has 2 aromatic carbocycles. The van der Waals surface area contributed by atoms with Crippen LogP contribution >= 0.6 is 7.14 Å². The van der Waals surface area contributed by atoms with E-state index in [1.54, 1.807) is 12.4 Å². The molecule has 0 saturated heterocycles. The summed E-state index contributed by atoms with van der Waals surface area (Å²) in [5.41, 5.74) is 0.518. The second-order valence-corrected chi connectivity index (χ2v) is 6.87. The average molecular weight is 268 g/mol. The largest absolute Gasteiger partial charge is 0.342 e. The first kappa shape index (κ1) is 11.9. The van der Waals surface area contributed by atoms with E-state index in [2.05, 4.69) is 9.97 Å². The first-order valence-electron chi connectivity index (χ1n) is 6.03. The standard InChI is InChI=1S/C15H13N2OP/c18-19(15-16-11-12-17-15,13-7-3-1-4-8-13)14-9-5-2-6-10-14/h1-12H,(H,16,17). The highest BCUT2D eigenvalue weighted by atomic mass is 31.2. The van der Waals surface area contributed by atoms with Gasteiger partial charge in [0.05, 0.1) is 0 Å². The Morgan fingerprint density at radius 3 is 1.79 bits per heavy atom. The van der Waals surface area contributed by atoms with Crippen LogP contribution in [0.2, 0.25) is 0 Å². The summed E-state index contributed by atoms with van der Waals surface area (Å²) in [4.78, 5) is 7.22. The number of aromatic amines is 1. The van der Waals surface area contributed by atoms with E-state index in [4.69, 9.17) is 0 Å². The van der Waals surface area contributed by atoms with Crippen molar-refractivity contribution in [3.05, 3.63) is 73.1 Å². The fraction of sp³-hybridized carbons (Fsp3) is 0. The monoisotopic (exact) mass is 268 g/mol. The van der Waals surface area contributed by atoms with Crippen molar-refractivity contribution in [1.29, 1.82) is 0 Å². The Labute approximate surface area is 111 Å². The molecular formula is C15H13N2OP. The third kappa shape index (κ3) is 2.02. The van der Waals surface area contributed by atoms with Crippen molar-refractivity contribution in [3.8, 4) is 0 Å². The molecular weight excluding hydrogens is 255 g/mol. The lowest BCUT2D eigenvalue weighted by Gasteiger charge is -2.16. The minimum Gasteiger partial charge on any atom is -0.342 e. The zero-order valence-electron chi connectivity index (χ0n) is 10.2. The fourth-order valence-electron chi connectivity index (χ4n) is 2.10. The van der Waals surface area contributed by atoms with Crippen molar-refractivity contribution in [3.63, 3.8) is 0 Å². The third-order valence-electron chi connectivity index (χ3n) is 3.02. The van der Waals surface area contributed by atoms with E-state index in [0.717, 1.165) is 10.6 Å². The van der Waals surface area contributed by atoms with Gasteiger partial charge in [-0.25, -0.2) is 4.98 Å². The minimum atomic E-state index is -2.90. The summed E-state index contributed by atoms with van der Waals surface area (Å²) in [5.74, 6) is 0. The molecule has 94 valence electrons. The molecule has 1 aromatic heterocycles. The van der Waals surface area contributed by atoms with Gasteiger partial charge in [-0.05, 0) is 0 Å². The van der Waals surface area contributed by atoms with Crippen molar-refractivity contribution in [2.75, 3.05) is 0 Å². The zero-order chi connectivity index (χ0) is 13.1. The lowest BCUT2D eigenvalue weighted by molar-refractivity contribution is 0.591. The second-order valence-electron chi connectivity index (χ2n) is 4.19. The summed E-state index contributed by atoms with van der Waals surface area (Å²) in [6, 6.07) is 19.0. The molecule has 0 aliphatic heterocycles. The molecule has 1 N–H and O–H groups in total. The molecule has 19 heavy (non-hydrogen) atoms. The van der Waals surface area contributed by atoms with Gasteiger partial charge in [-0.15, -0.1) is 0 Å². The van der Waals surface area contributed by atoms with Gasteiger partial charge in [0.15, 0.2) is 5.57 Å². The SMILES string of the molecule is O=P(c1ccccc1)(c1ccccc1)c1ncc[nH]1. The molecule has 0 fully saturated rings. The van der Waals surface area contributed by atoms with Gasteiger partial charge in [0.25, 0.3) is 0 Å². The molecule has 0 unspecified atom stereocenters. The van der Waals surface area contributed by atoms with E-state index in [9.17, 15) is 4.57 Å². The van der Waals surface area contributed by atoms with Crippen LogP contribution in [-0.2, 0) is 4.57 Å². The highest BCUT2D eigenvalue weighted by Gasteiger charge is 2.31. The summed E-state index contributed by atoms with van der Waals surface area (Å²) >= 11 is 0. The van der Waals surface area contributed by atoms with Crippen LogP contribution in [0, 0.1) is 0 Å². The van der Waals surface area contributed by atoms with Gasteiger partial charge in [-0.1, -0.05) is 60.7 Å². The molecule has 0 amide bonds. The van der Waals surface area contributed by atoms with Crippen molar-refractivity contribution < 1.29 is 4.57 Å². The van der Waals surface area contributed by atoms with Crippen LogP contribution in [0.25, 0.3) is 0 Å². The van der Waals surface area contributed by atoms with E-state index < -0.39 is 7.14 Å². The van der Waals surface area contributed by atoms with Crippen molar-refractivity contribution >= 4 is 23.3 Å². The number of H-pyrrole nitrogens is 1. The first-order valence-corrected chi connectivity index (χ1v) is 7.74. The highest BCUT2D eigenvalue weighted by molar-refractivity contribution is 7.84. The zero-order valence-corrected chi connectivity index (χ0v) is 11.1. The Kier molecular flexibility index (Phi) is 3.06. The summed E-state index contributed by atoms with van der Waals surface area (Å²) in [6.07, 6.45) is 3.34. The number of imidazole rings is 1. The van der Waals surface area contributed by atoms with E-state index >= 15 is 0 Å². The van der Waals surface area contributed by atoms with Crippen molar-refractivity contribution in [1.82, 2.24) is 9.97 Å². The summed E-state index contributed by atoms with van der Waals surface area (Å²) in [5, 5.41) is 1.58. The van der Waals surface area contributed by atoms with E-state index in [1.165, 1.54) is 0 Å². The second kappa shape index (κ2) is 4.87. The Balaban J connectivity index is 2.26. The molecule has 3 aromatic rings. The Morgan fingerprint density at radius 1 is 0.842 bits per heavy atom. The van der Waals surface area contributed by atoms with Crippen LogP contribution in [0.5, 0.6) is 0 Å². The van der Waals surface area contributed by atoms with Gasteiger partial charge >= 0.3 is 0 Å². The third-order valence-corrected chi connectivity index (χ3v) is 5.91. The number of hydrogen-bond donors (Lipinski definition) is 1. The van der Waals surface area contributed by atoms with Gasteiger partial charge in [-0.3, -0.25) is 0 Å². The molecule has 0 spiro atoms. The Bertz CT molecular complexity index is 650. The predicted molar refractivity (Wildman–Crippen MR) is 78.0 cm³/mol. The van der Waals surface area contributed by atoms with E-state index in [1.807, 2.05) is 60.7 Å². The quantitative estimate of drug-likeness (QED) is 0.739. The van der Waals surface area contributed by atoms with Crippen LogP contribution in [0.1, 0.15) is 0 Å². The molecule has 0 aliphatic rings. The minimum absolute atomic E-state index is 0.518. The summed E-state index contributed by atoms with van der Waals surface area (Å²) < 4.78 is 13.6. The van der Waals surface area contributed by atoms with E-state index in [0.29, 0.717) is 5.57 Å². The lowest BCUT2D eigenvalue weighted by atomic mass is 10.4. The van der Waals surface area contributed by atoms with Gasteiger partial charge in [-0.2, -0.15) is 0 Å². The fourth-order valence-corrected chi connectivity index (χ4v) is 4.56. The Hall–Kier alpha value is -2.12. The van der Waals surface area contributed by atoms with Crippen LogP contribution in [0.3, 0.4) is 0 Å². The van der Waals surface area contributed by atoms with Crippen LogP contribution < -0.4 is 16.2 Å². The van der Waals surface area contributed by atoms with Crippen molar-refractivity contribution in [2.45, 2.75) is 0 Å². The maximum Gasteiger partial charge on any atom is 0.204 e. The summed E-state index contributed by atoms with van der Waals surface area (Å²) in [7, 11) is -2.90. The number of hydrogen-bond acceptors (Lipinski definition) is 2. The van der Waals surface area contributed by atoms with Crippen LogP contribution in [-0.4, -0.2) is 9.97 Å². The van der Waals surface area contributed by atoms with Crippen LogP contribution in [0.15, 0.2) is 73.1 Å². The first-order chi connectivity index (χ1) is 9.32. The Morgan fingerprint density at radius 2 is 1.37 bits per heavy atom. The predicted octanol–water partition coefficient (Wildman–Crippen LogP) is 2.05. The molecule has 3 rings (SSSR count). The topological polar surface area (TPSA) is 45.8 Å². The highest BCUT2D eigenvalue weighted by Crippen LogP contribution is 2.40. The molecule has 0 saturated carbocycles. The van der Waals surface area contributed by atoms with Gasteiger partial charge in [0.1, 0.15) is 0 Å². The van der Waals surface area contributed by atoms with Gasteiger partial charge in [0, 0.05) is 23.0 Å². The van der Waals surface area contributed by atoms with E-state index in [-0.39, 0.29) is 0 Å². The molecule has 0 atom stereocenters. The maximum atomic E-state index is 13.6. The van der Waals surface area contributed by atoms with Gasteiger partial charge in [0.2, 0.25) is 7.14 Å². The molecule has 3 nitrogen and oxygen atoms in total. The number of nitrogens with zero attached hydrogens (tertiary/aromatic N) is 1. The molecule has 1 heterocycles. The number of nitrogens with one attached hydrogen (secondary N) is 1. The molecule has 0 radical (unpaired) electrons. The number of rotatable bonds is 3. The lowest BCUT2D eigenvalue weighted by Crippen LogP contribution is -2.27. The van der Waals surface area contributed by atoms with Gasteiger partial charge < -0.3 is 9.55 Å².